The highest BCUT2D eigenvalue weighted by molar-refractivity contribution is 5.69. The molecule has 154 valence electrons. The molecule has 2 aromatic rings. The minimum atomic E-state index is -1.11. The molecule has 2 aliphatic rings. The fourth-order valence-electron chi connectivity index (χ4n) is 4.83. The van der Waals surface area contributed by atoms with Crippen molar-refractivity contribution in [3.05, 3.63) is 59.7 Å². The van der Waals surface area contributed by atoms with Crippen LogP contribution in [0.5, 0.6) is 11.5 Å². The van der Waals surface area contributed by atoms with E-state index in [9.17, 15) is 9.90 Å². The van der Waals surface area contributed by atoms with Gasteiger partial charge in [0.2, 0.25) is 0 Å². The van der Waals surface area contributed by atoms with Crippen molar-refractivity contribution in [3.63, 3.8) is 0 Å². The van der Waals surface area contributed by atoms with Crippen molar-refractivity contribution in [1.29, 1.82) is 0 Å². The molecule has 2 saturated heterocycles. The highest BCUT2D eigenvalue weighted by atomic mass is 16.6. The Labute approximate surface area is 171 Å². The third-order valence-electron chi connectivity index (χ3n) is 6.08. The second-order valence-electron chi connectivity index (χ2n) is 7.81. The van der Waals surface area contributed by atoms with Crippen LogP contribution in [0.15, 0.2) is 48.5 Å². The van der Waals surface area contributed by atoms with Gasteiger partial charge in [-0.25, -0.2) is 4.79 Å². The summed E-state index contributed by atoms with van der Waals surface area (Å²) in [5.41, 5.74) is 0.514. The zero-order valence-electron chi connectivity index (χ0n) is 16.8. The highest BCUT2D eigenvalue weighted by Gasteiger charge is 2.52. The van der Waals surface area contributed by atoms with Crippen LogP contribution in [0.1, 0.15) is 36.8 Å². The van der Waals surface area contributed by atoms with Gasteiger partial charge in [-0.1, -0.05) is 36.4 Å². The maximum atomic E-state index is 12.8. The van der Waals surface area contributed by atoms with Crippen LogP contribution in [0.25, 0.3) is 0 Å². The summed E-state index contributed by atoms with van der Waals surface area (Å²) >= 11 is 0. The number of hydrogen-bond donors (Lipinski definition) is 1. The Morgan fingerprint density at radius 1 is 1.00 bits per heavy atom. The Hall–Kier alpha value is -2.73. The minimum Gasteiger partial charge on any atom is -0.496 e. The van der Waals surface area contributed by atoms with Gasteiger partial charge in [0.25, 0.3) is 0 Å². The van der Waals surface area contributed by atoms with E-state index in [1.54, 1.807) is 14.2 Å². The first kappa shape index (κ1) is 19.6. The monoisotopic (exact) mass is 397 g/mol. The third-order valence-corrected chi connectivity index (χ3v) is 6.08. The minimum absolute atomic E-state index is 0.0726. The average molecular weight is 397 g/mol. The van der Waals surface area contributed by atoms with Crippen LogP contribution < -0.4 is 9.47 Å². The fourth-order valence-corrected chi connectivity index (χ4v) is 4.83. The number of ether oxygens (including phenoxy) is 3. The van der Waals surface area contributed by atoms with E-state index in [4.69, 9.17) is 14.2 Å². The Kier molecular flexibility index (Phi) is 5.37. The zero-order chi connectivity index (χ0) is 20.4. The first-order valence-electron chi connectivity index (χ1n) is 9.98. The molecule has 4 rings (SSSR count). The molecule has 2 aliphatic heterocycles. The van der Waals surface area contributed by atoms with Crippen LogP contribution in [0, 0.1) is 0 Å². The smallest absolute Gasteiger partial charge is 0.410 e. The van der Waals surface area contributed by atoms with Crippen molar-refractivity contribution >= 4 is 6.09 Å². The van der Waals surface area contributed by atoms with Gasteiger partial charge in [-0.3, -0.25) is 0 Å². The maximum absolute atomic E-state index is 12.8. The number of methoxy groups -OCH3 is 2. The number of nitrogens with zero attached hydrogens (tertiary/aromatic N) is 1. The van der Waals surface area contributed by atoms with Crippen molar-refractivity contribution in [1.82, 2.24) is 4.90 Å². The number of carbonyl (C=O) groups is 1. The lowest BCUT2D eigenvalue weighted by Crippen LogP contribution is -2.52. The van der Waals surface area contributed by atoms with Gasteiger partial charge in [0.05, 0.1) is 19.8 Å². The van der Waals surface area contributed by atoms with E-state index < -0.39 is 5.60 Å². The Bertz CT molecular complexity index is 833. The van der Waals surface area contributed by atoms with Crippen LogP contribution in [-0.2, 0) is 16.9 Å². The van der Waals surface area contributed by atoms with Gasteiger partial charge in [0.1, 0.15) is 23.7 Å². The summed E-state index contributed by atoms with van der Waals surface area (Å²) < 4.78 is 16.6. The first-order valence-corrected chi connectivity index (χ1v) is 9.98. The van der Waals surface area contributed by atoms with Crippen LogP contribution in [0.2, 0.25) is 0 Å². The molecule has 6 heteroatoms. The number of aliphatic hydroxyl groups is 1. The van der Waals surface area contributed by atoms with Crippen molar-refractivity contribution in [2.24, 2.45) is 0 Å². The predicted molar refractivity (Wildman–Crippen MR) is 108 cm³/mol. The van der Waals surface area contributed by atoms with E-state index in [0.29, 0.717) is 29.9 Å². The van der Waals surface area contributed by atoms with Gasteiger partial charge < -0.3 is 24.2 Å². The van der Waals surface area contributed by atoms with E-state index >= 15 is 0 Å². The number of benzene rings is 2. The number of hydrogen-bond acceptors (Lipinski definition) is 5. The van der Waals surface area contributed by atoms with E-state index in [1.807, 2.05) is 53.4 Å². The second kappa shape index (κ2) is 7.95. The number of amides is 1. The molecule has 1 amide bonds. The molecular formula is C23H27NO5. The summed E-state index contributed by atoms with van der Waals surface area (Å²) in [6.45, 7) is 0.250. The van der Waals surface area contributed by atoms with E-state index in [2.05, 4.69) is 0 Å². The normalized spacial score (nSPS) is 25.6. The van der Waals surface area contributed by atoms with Crippen molar-refractivity contribution < 1.29 is 24.1 Å². The summed E-state index contributed by atoms with van der Waals surface area (Å²) in [7, 11) is 3.18. The molecule has 6 nitrogen and oxygen atoms in total. The van der Waals surface area contributed by atoms with Gasteiger partial charge >= 0.3 is 6.09 Å². The summed E-state index contributed by atoms with van der Waals surface area (Å²) in [4.78, 5) is 14.6. The molecule has 0 radical (unpaired) electrons. The third kappa shape index (κ3) is 3.65. The van der Waals surface area contributed by atoms with Crippen molar-refractivity contribution in [3.8, 4) is 11.5 Å². The fraction of sp³-hybridized carbons (Fsp3) is 0.435. The van der Waals surface area contributed by atoms with Crippen LogP contribution in [0.4, 0.5) is 4.79 Å². The van der Waals surface area contributed by atoms with E-state index in [0.717, 1.165) is 18.4 Å². The predicted octanol–water partition coefficient (Wildman–Crippen LogP) is 3.86. The largest absolute Gasteiger partial charge is 0.496 e. The van der Waals surface area contributed by atoms with E-state index in [-0.39, 0.29) is 24.8 Å². The van der Waals surface area contributed by atoms with Crippen LogP contribution in [0.3, 0.4) is 0 Å². The van der Waals surface area contributed by atoms with Crippen molar-refractivity contribution in [2.45, 2.75) is 50.0 Å². The molecule has 0 aromatic heterocycles. The molecule has 2 bridgehead atoms. The molecule has 2 atom stereocenters. The molecule has 0 saturated carbocycles. The van der Waals surface area contributed by atoms with Gasteiger partial charge in [-0.05, 0) is 30.5 Å². The number of piperidine rings is 1. The molecule has 1 N–H and O–H groups in total. The molecular weight excluding hydrogens is 370 g/mol. The zero-order valence-corrected chi connectivity index (χ0v) is 16.8. The van der Waals surface area contributed by atoms with Crippen LogP contribution in [-0.4, -0.2) is 42.4 Å². The van der Waals surface area contributed by atoms with Gasteiger partial charge in [-0.2, -0.15) is 0 Å². The topological polar surface area (TPSA) is 68.2 Å². The molecule has 2 heterocycles. The molecule has 0 aliphatic carbocycles. The standard InChI is InChI=1S/C23H27NO5/c1-27-19-9-6-10-20(28-2)21(19)23(26)13-17-11-12-18(14-23)24(17)22(25)29-15-16-7-4-3-5-8-16/h3-10,17-18,26H,11-15H2,1-2H3. The Morgan fingerprint density at radius 2 is 1.59 bits per heavy atom. The lowest BCUT2D eigenvalue weighted by Gasteiger charge is -2.44. The van der Waals surface area contributed by atoms with Crippen molar-refractivity contribution in [2.75, 3.05) is 14.2 Å². The average Bonchev–Trinajstić information content (AvgIpc) is 3.04. The van der Waals surface area contributed by atoms with E-state index in [1.165, 1.54) is 0 Å². The Morgan fingerprint density at radius 3 is 2.14 bits per heavy atom. The lowest BCUT2D eigenvalue weighted by molar-refractivity contribution is -0.0559. The number of fused-ring (bicyclic) bond motifs is 2. The summed E-state index contributed by atoms with van der Waals surface area (Å²) in [5, 5.41) is 11.6. The number of carbonyl (C=O) groups excluding carboxylic acids is 1. The summed E-state index contributed by atoms with van der Waals surface area (Å²) in [6.07, 6.45) is 2.26. The second-order valence-corrected chi connectivity index (χ2v) is 7.81. The number of rotatable bonds is 5. The maximum Gasteiger partial charge on any atom is 0.410 e. The SMILES string of the molecule is COc1cccc(OC)c1C1(O)CC2CCC(C1)N2C(=O)OCc1ccccc1. The quantitative estimate of drug-likeness (QED) is 0.830. The van der Waals surface area contributed by atoms with Crippen LogP contribution >= 0.6 is 0 Å². The highest BCUT2D eigenvalue weighted by Crippen LogP contribution is 2.50. The molecule has 0 spiro atoms. The van der Waals surface area contributed by atoms with Gasteiger partial charge in [-0.15, -0.1) is 0 Å². The summed E-state index contributed by atoms with van der Waals surface area (Å²) in [6, 6.07) is 15.0. The molecule has 2 fully saturated rings. The summed E-state index contributed by atoms with van der Waals surface area (Å²) in [5.74, 6) is 1.21. The van der Waals surface area contributed by atoms with Gasteiger partial charge in [0.15, 0.2) is 0 Å². The molecule has 29 heavy (non-hydrogen) atoms. The lowest BCUT2D eigenvalue weighted by atomic mass is 9.79. The van der Waals surface area contributed by atoms with Gasteiger partial charge in [0, 0.05) is 24.9 Å². The molecule has 2 aromatic carbocycles. The first-order chi connectivity index (χ1) is 14.1. The molecule has 2 unspecified atom stereocenters. The Balaban J connectivity index is 1.53.